The van der Waals surface area contributed by atoms with Crippen LogP contribution in [-0.4, -0.2) is 32.0 Å². The Labute approximate surface area is 151 Å². The Morgan fingerprint density at radius 3 is 2.73 bits per heavy atom. The van der Waals surface area contributed by atoms with E-state index in [1.54, 1.807) is 37.4 Å². The fourth-order valence-electron chi connectivity index (χ4n) is 2.78. The summed E-state index contributed by atoms with van der Waals surface area (Å²) >= 11 is 1.18. The molecule has 3 aromatic heterocycles. The Kier molecular flexibility index (Phi) is 3.85. The molecule has 3 aromatic rings. The molecule has 0 saturated heterocycles. The molecule has 1 atom stereocenters. The maximum absolute atomic E-state index is 12.9. The van der Waals surface area contributed by atoms with Crippen LogP contribution in [0.2, 0.25) is 0 Å². The lowest BCUT2D eigenvalue weighted by Gasteiger charge is -2.22. The maximum atomic E-state index is 12.9. The molecule has 1 aliphatic heterocycles. The third-order valence-corrected chi connectivity index (χ3v) is 4.73. The number of aryl methyl sites for hydroxylation is 1. The van der Waals surface area contributed by atoms with Crippen molar-refractivity contribution in [3.8, 4) is 0 Å². The van der Waals surface area contributed by atoms with Crippen molar-refractivity contribution >= 4 is 28.2 Å². The lowest BCUT2D eigenvalue weighted by atomic mass is 9.99. The first-order valence-electron chi connectivity index (χ1n) is 7.64. The number of carbonyl (C=O) groups is 2. The summed E-state index contributed by atoms with van der Waals surface area (Å²) < 4.78 is 5.15. The van der Waals surface area contributed by atoms with Crippen LogP contribution in [0.5, 0.6) is 0 Å². The normalized spacial score (nSPS) is 17.2. The molecule has 9 heteroatoms. The molecule has 130 valence electrons. The highest BCUT2D eigenvalue weighted by Crippen LogP contribution is 2.41. The minimum atomic E-state index is -0.923. The Morgan fingerprint density at radius 2 is 2.12 bits per heavy atom. The van der Waals surface area contributed by atoms with Crippen LogP contribution in [0.25, 0.3) is 0 Å². The molecule has 0 radical (unpaired) electrons. The van der Waals surface area contributed by atoms with Crippen LogP contribution >= 0.6 is 11.3 Å². The molecule has 1 N–H and O–H groups in total. The third-order valence-electron chi connectivity index (χ3n) is 3.89. The first-order valence-corrected chi connectivity index (χ1v) is 8.45. The number of ketones is 1. The van der Waals surface area contributed by atoms with E-state index in [1.165, 1.54) is 28.6 Å². The van der Waals surface area contributed by atoms with Gasteiger partial charge in [0.15, 0.2) is 11.5 Å². The van der Waals surface area contributed by atoms with E-state index in [-0.39, 0.29) is 16.5 Å². The van der Waals surface area contributed by atoms with Crippen LogP contribution in [0, 0.1) is 6.92 Å². The van der Waals surface area contributed by atoms with E-state index >= 15 is 0 Å². The van der Waals surface area contributed by atoms with Gasteiger partial charge in [-0.2, -0.15) is 0 Å². The number of amides is 1. The van der Waals surface area contributed by atoms with Crippen molar-refractivity contribution in [2.75, 3.05) is 4.90 Å². The van der Waals surface area contributed by atoms with Crippen molar-refractivity contribution < 1.29 is 19.1 Å². The van der Waals surface area contributed by atoms with E-state index in [4.69, 9.17) is 4.42 Å². The molecule has 4 heterocycles. The van der Waals surface area contributed by atoms with E-state index < -0.39 is 23.5 Å². The van der Waals surface area contributed by atoms with Gasteiger partial charge in [-0.05, 0) is 31.2 Å². The zero-order chi connectivity index (χ0) is 18.3. The number of rotatable bonds is 4. The highest BCUT2D eigenvalue weighted by atomic mass is 32.1. The summed E-state index contributed by atoms with van der Waals surface area (Å²) in [6.45, 7) is 1.75. The Balaban J connectivity index is 1.88. The number of aliphatic hydroxyl groups is 1. The Bertz CT molecular complexity index is 1010. The summed E-state index contributed by atoms with van der Waals surface area (Å²) in [6.07, 6.45) is 2.90. The van der Waals surface area contributed by atoms with Crippen molar-refractivity contribution in [3.05, 3.63) is 70.6 Å². The predicted octanol–water partition coefficient (Wildman–Crippen LogP) is 2.62. The third kappa shape index (κ3) is 2.49. The zero-order valence-corrected chi connectivity index (χ0v) is 14.3. The molecular weight excluding hydrogens is 356 g/mol. The van der Waals surface area contributed by atoms with Gasteiger partial charge in [0, 0.05) is 6.20 Å². The number of furan rings is 1. The molecule has 0 saturated carbocycles. The Morgan fingerprint density at radius 1 is 1.27 bits per heavy atom. The molecule has 0 bridgehead atoms. The van der Waals surface area contributed by atoms with Crippen molar-refractivity contribution in [2.45, 2.75) is 13.0 Å². The summed E-state index contributed by atoms with van der Waals surface area (Å²) in [4.78, 5) is 31.1. The average molecular weight is 368 g/mol. The van der Waals surface area contributed by atoms with Crippen LogP contribution in [0.1, 0.15) is 27.3 Å². The first kappa shape index (κ1) is 16.2. The smallest absolute Gasteiger partial charge is 0.296 e. The van der Waals surface area contributed by atoms with Gasteiger partial charge < -0.3 is 9.52 Å². The average Bonchev–Trinajstić information content (AvgIpc) is 3.37. The van der Waals surface area contributed by atoms with Crippen molar-refractivity contribution in [2.24, 2.45) is 0 Å². The van der Waals surface area contributed by atoms with E-state index in [0.29, 0.717) is 10.7 Å². The second kappa shape index (κ2) is 6.19. The minimum absolute atomic E-state index is 0.0237. The fourth-order valence-corrected chi connectivity index (χ4v) is 3.49. The molecule has 0 aromatic carbocycles. The highest BCUT2D eigenvalue weighted by Gasteiger charge is 2.47. The number of pyridine rings is 1. The zero-order valence-electron chi connectivity index (χ0n) is 13.5. The van der Waals surface area contributed by atoms with Gasteiger partial charge in [-0.15, -0.1) is 10.2 Å². The molecule has 1 aliphatic rings. The highest BCUT2D eigenvalue weighted by molar-refractivity contribution is 7.15. The molecule has 26 heavy (non-hydrogen) atoms. The minimum Gasteiger partial charge on any atom is -0.503 e. The van der Waals surface area contributed by atoms with E-state index in [0.717, 1.165) is 0 Å². The van der Waals surface area contributed by atoms with Crippen molar-refractivity contribution in [1.82, 2.24) is 15.2 Å². The summed E-state index contributed by atoms with van der Waals surface area (Å²) in [5.74, 6) is -1.93. The fraction of sp³-hybridized carbons (Fsp3) is 0.118. The first-order chi connectivity index (χ1) is 12.6. The van der Waals surface area contributed by atoms with E-state index in [1.807, 2.05) is 0 Å². The second-order valence-corrected chi connectivity index (χ2v) is 6.66. The number of hydrogen-bond donors (Lipinski definition) is 1. The summed E-state index contributed by atoms with van der Waals surface area (Å²) in [7, 11) is 0. The molecule has 0 aliphatic carbocycles. The monoisotopic (exact) mass is 368 g/mol. The summed E-state index contributed by atoms with van der Waals surface area (Å²) in [5, 5.41) is 19.3. The van der Waals surface area contributed by atoms with Crippen molar-refractivity contribution in [1.29, 1.82) is 0 Å². The molecule has 1 amide bonds. The topological polar surface area (TPSA) is 109 Å². The quantitative estimate of drug-likeness (QED) is 0.705. The lowest BCUT2D eigenvalue weighted by molar-refractivity contribution is -0.117. The SMILES string of the molecule is Cc1nnc(N2C(=O)C(O)=C(C(=O)c3ccco3)[C@H]2c2ccccn2)s1. The van der Waals surface area contributed by atoms with Crippen LogP contribution in [-0.2, 0) is 4.79 Å². The number of aliphatic hydroxyl groups excluding tert-OH is 1. The van der Waals surface area contributed by atoms with Crippen LogP contribution in [0.4, 0.5) is 5.13 Å². The number of Topliss-reactive ketones (excluding diaryl/α,β-unsaturated/α-hetero) is 1. The van der Waals surface area contributed by atoms with Gasteiger partial charge in [-0.3, -0.25) is 19.5 Å². The lowest BCUT2D eigenvalue weighted by Crippen LogP contribution is -2.31. The largest absolute Gasteiger partial charge is 0.503 e. The standard InChI is InChI=1S/C17H12N4O4S/c1-9-19-20-17(26-9)21-13(10-5-2-3-7-18-10)12(15(23)16(21)24)14(22)11-6-4-8-25-11/h2-8,13,23H,1H3/t13-/m1/s1. The molecule has 0 fully saturated rings. The van der Waals surface area contributed by atoms with Gasteiger partial charge in [0.25, 0.3) is 5.91 Å². The Hall–Kier alpha value is -3.33. The maximum Gasteiger partial charge on any atom is 0.296 e. The van der Waals surface area contributed by atoms with Crippen LogP contribution < -0.4 is 4.90 Å². The van der Waals surface area contributed by atoms with Gasteiger partial charge in [0.2, 0.25) is 10.9 Å². The van der Waals surface area contributed by atoms with E-state index in [9.17, 15) is 14.7 Å². The molecule has 4 rings (SSSR count). The van der Waals surface area contributed by atoms with Gasteiger partial charge in [0.05, 0.1) is 17.5 Å². The summed E-state index contributed by atoms with van der Waals surface area (Å²) in [5.41, 5.74) is 0.323. The van der Waals surface area contributed by atoms with Gasteiger partial charge >= 0.3 is 0 Å². The molecule has 8 nitrogen and oxygen atoms in total. The number of nitrogens with zero attached hydrogens (tertiary/aromatic N) is 4. The van der Waals surface area contributed by atoms with Crippen LogP contribution in [0.3, 0.4) is 0 Å². The van der Waals surface area contributed by atoms with Gasteiger partial charge in [-0.25, -0.2) is 0 Å². The number of carbonyl (C=O) groups excluding carboxylic acids is 2. The van der Waals surface area contributed by atoms with Crippen molar-refractivity contribution in [3.63, 3.8) is 0 Å². The molecular formula is C17H12N4O4S. The van der Waals surface area contributed by atoms with Gasteiger partial charge in [-0.1, -0.05) is 17.4 Å². The number of aromatic nitrogens is 3. The molecule has 0 spiro atoms. The second-order valence-electron chi connectivity index (χ2n) is 5.50. The number of hydrogen-bond acceptors (Lipinski definition) is 8. The van der Waals surface area contributed by atoms with E-state index in [2.05, 4.69) is 15.2 Å². The number of anilines is 1. The summed E-state index contributed by atoms with van der Waals surface area (Å²) in [6, 6.07) is 7.24. The van der Waals surface area contributed by atoms with Crippen LogP contribution in [0.15, 0.2) is 58.5 Å². The predicted molar refractivity (Wildman–Crippen MR) is 91.8 cm³/mol. The molecule has 0 unspecified atom stereocenters. The van der Waals surface area contributed by atoms with Gasteiger partial charge in [0.1, 0.15) is 11.0 Å².